The number of phenols is 1. The fourth-order valence-corrected chi connectivity index (χ4v) is 4.18. The molecule has 1 N–H and O–H groups in total. The molecule has 4 rings (SSSR count). The summed E-state index contributed by atoms with van der Waals surface area (Å²) < 4.78 is 13.2. The Morgan fingerprint density at radius 2 is 1.52 bits per heavy atom. The molecule has 27 heavy (non-hydrogen) atoms. The Hall–Kier alpha value is -3.02. The Bertz CT molecular complexity index is 987. The predicted octanol–water partition coefficient (Wildman–Crippen LogP) is 4.69. The summed E-state index contributed by atoms with van der Waals surface area (Å²) in [5.41, 5.74) is 2.33. The summed E-state index contributed by atoms with van der Waals surface area (Å²) in [5.74, 6) is 0.168. The van der Waals surface area contributed by atoms with Crippen LogP contribution in [0.5, 0.6) is 5.75 Å². The van der Waals surface area contributed by atoms with E-state index >= 15 is 0 Å². The van der Waals surface area contributed by atoms with Crippen LogP contribution in [-0.2, 0) is 11.2 Å². The van der Waals surface area contributed by atoms with Gasteiger partial charge in [-0.1, -0.05) is 54.6 Å². The van der Waals surface area contributed by atoms with Crippen LogP contribution in [0.2, 0.25) is 0 Å². The molecule has 0 aliphatic carbocycles. The Balaban J connectivity index is 1.77. The van der Waals surface area contributed by atoms with E-state index in [1.807, 2.05) is 71.6 Å². The van der Waals surface area contributed by atoms with Crippen molar-refractivity contribution in [3.8, 4) is 5.75 Å². The second-order valence-electron chi connectivity index (χ2n) is 6.09. The van der Waals surface area contributed by atoms with Crippen molar-refractivity contribution < 1.29 is 9.66 Å². The van der Waals surface area contributed by atoms with Gasteiger partial charge in [0.1, 0.15) is 5.75 Å². The second-order valence-corrected chi connectivity index (χ2v) is 7.52. The topological polar surface area (TPSA) is 58.9 Å². The van der Waals surface area contributed by atoms with Gasteiger partial charge in [-0.15, -0.1) is 0 Å². The van der Waals surface area contributed by atoms with Gasteiger partial charge in [0.15, 0.2) is 4.91 Å². The van der Waals surface area contributed by atoms with Gasteiger partial charge in [0.25, 0.3) is 0 Å². The molecule has 3 aromatic rings. The van der Waals surface area contributed by atoms with Crippen LogP contribution in [-0.4, -0.2) is 21.4 Å². The Morgan fingerprint density at radius 3 is 2.22 bits per heavy atom. The Morgan fingerprint density at radius 1 is 0.889 bits per heavy atom. The molecular formula is C22H18N2O2S. The SMILES string of the molecule is [O-][S+]1C(=Cc2ccccc2O)CN(c2ccccc2)C1=Nc1ccccc1. The van der Waals surface area contributed by atoms with Gasteiger partial charge in [0.05, 0.1) is 23.4 Å². The average molecular weight is 374 g/mol. The molecule has 134 valence electrons. The van der Waals surface area contributed by atoms with Crippen molar-refractivity contribution in [1.29, 1.82) is 0 Å². The fraction of sp³-hybridized carbons (Fsp3) is 0.0455. The number of hydrogen-bond donors (Lipinski definition) is 1. The molecule has 0 bridgehead atoms. The highest BCUT2D eigenvalue weighted by molar-refractivity contribution is 8.10. The third-order valence-corrected chi connectivity index (χ3v) is 5.62. The molecule has 4 nitrogen and oxygen atoms in total. The summed E-state index contributed by atoms with van der Waals surface area (Å²) in [4.78, 5) is 7.31. The molecule has 3 aromatic carbocycles. The molecule has 0 saturated carbocycles. The average Bonchev–Trinajstić information content (AvgIpc) is 3.01. The number of aromatic hydroxyl groups is 1. The van der Waals surface area contributed by atoms with Crippen molar-refractivity contribution in [2.45, 2.75) is 0 Å². The lowest BCUT2D eigenvalue weighted by molar-refractivity contribution is 0.474. The second kappa shape index (κ2) is 7.70. The van der Waals surface area contributed by atoms with Gasteiger partial charge in [0.2, 0.25) is 0 Å². The standard InChI is InChI=1S/C22H18N2O2S/c25-21-14-8-7-9-17(21)15-20-16-24(19-12-5-2-6-13-19)22(27(20)26)23-18-10-3-1-4-11-18/h1-15,25H,16H2. The molecule has 1 aliphatic rings. The third-order valence-electron chi connectivity index (χ3n) is 4.25. The number of benzene rings is 3. The normalized spacial score (nSPS) is 19.7. The maximum absolute atomic E-state index is 13.2. The molecule has 1 fully saturated rings. The number of rotatable bonds is 3. The zero-order valence-electron chi connectivity index (χ0n) is 14.5. The highest BCUT2D eigenvalue weighted by Gasteiger charge is 2.39. The van der Waals surface area contributed by atoms with E-state index in [4.69, 9.17) is 0 Å². The minimum Gasteiger partial charge on any atom is -0.604 e. The van der Waals surface area contributed by atoms with Crippen LogP contribution >= 0.6 is 0 Å². The van der Waals surface area contributed by atoms with Gasteiger partial charge < -0.3 is 9.66 Å². The van der Waals surface area contributed by atoms with Crippen molar-refractivity contribution in [2.75, 3.05) is 11.4 Å². The largest absolute Gasteiger partial charge is 0.604 e. The summed E-state index contributed by atoms with van der Waals surface area (Å²) in [5, 5.41) is 10.5. The molecule has 5 heteroatoms. The first-order valence-corrected chi connectivity index (χ1v) is 9.74. The third kappa shape index (κ3) is 3.74. The summed E-state index contributed by atoms with van der Waals surface area (Å²) in [6.07, 6.45) is 1.79. The quantitative estimate of drug-likeness (QED) is 0.677. The molecule has 1 aliphatic heterocycles. The van der Waals surface area contributed by atoms with Gasteiger partial charge in [-0.3, -0.25) is 4.90 Å². The van der Waals surface area contributed by atoms with Crippen LogP contribution in [0, 0.1) is 0 Å². The van der Waals surface area contributed by atoms with E-state index < -0.39 is 11.2 Å². The zero-order valence-corrected chi connectivity index (χ0v) is 15.3. The number of aliphatic imine (C=N–C) groups is 1. The van der Waals surface area contributed by atoms with Crippen molar-refractivity contribution in [3.63, 3.8) is 0 Å². The van der Waals surface area contributed by atoms with E-state index in [0.717, 1.165) is 11.4 Å². The van der Waals surface area contributed by atoms with E-state index in [0.29, 0.717) is 22.2 Å². The minimum atomic E-state index is -1.41. The van der Waals surface area contributed by atoms with E-state index in [9.17, 15) is 9.66 Å². The van der Waals surface area contributed by atoms with Gasteiger partial charge in [-0.05, 0) is 30.3 Å². The molecule has 1 unspecified atom stereocenters. The maximum Gasteiger partial charge on any atom is 0.330 e. The summed E-state index contributed by atoms with van der Waals surface area (Å²) >= 11 is -1.41. The van der Waals surface area contributed by atoms with Crippen LogP contribution in [0.4, 0.5) is 11.4 Å². The van der Waals surface area contributed by atoms with E-state index in [2.05, 4.69) is 4.99 Å². The molecule has 1 heterocycles. The molecule has 0 spiro atoms. The molecule has 0 aromatic heterocycles. The van der Waals surface area contributed by atoms with Crippen molar-refractivity contribution in [2.24, 2.45) is 4.99 Å². The number of hydrogen-bond acceptors (Lipinski definition) is 3. The van der Waals surface area contributed by atoms with Gasteiger partial charge in [0, 0.05) is 17.3 Å². The highest BCUT2D eigenvalue weighted by atomic mass is 32.2. The van der Waals surface area contributed by atoms with Crippen molar-refractivity contribution >= 4 is 33.8 Å². The number of nitrogens with zero attached hydrogens (tertiary/aromatic N) is 2. The Kier molecular flexibility index (Phi) is 4.96. The van der Waals surface area contributed by atoms with E-state index in [1.165, 1.54) is 0 Å². The van der Waals surface area contributed by atoms with Crippen LogP contribution in [0.1, 0.15) is 5.56 Å². The lowest BCUT2D eigenvalue weighted by atomic mass is 10.2. The number of anilines is 1. The molecule has 0 radical (unpaired) electrons. The summed E-state index contributed by atoms with van der Waals surface area (Å²) in [6, 6.07) is 26.3. The van der Waals surface area contributed by atoms with Gasteiger partial charge >= 0.3 is 5.17 Å². The Labute approximate surface area is 161 Å². The highest BCUT2D eigenvalue weighted by Crippen LogP contribution is 2.32. The van der Waals surface area contributed by atoms with E-state index in [-0.39, 0.29) is 5.75 Å². The molecular weight excluding hydrogens is 356 g/mol. The van der Waals surface area contributed by atoms with Crippen molar-refractivity contribution in [3.05, 3.63) is 95.4 Å². The fourth-order valence-electron chi connectivity index (χ4n) is 2.91. The lowest BCUT2D eigenvalue weighted by Gasteiger charge is -2.14. The number of phenolic OH excluding ortho intramolecular Hbond substituents is 1. The first-order valence-electron chi connectivity index (χ1n) is 8.59. The maximum atomic E-state index is 13.2. The molecule has 0 amide bonds. The number of para-hydroxylation sites is 3. The molecule has 1 atom stereocenters. The van der Waals surface area contributed by atoms with Crippen LogP contribution in [0.15, 0.2) is 94.8 Å². The molecule has 1 saturated heterocycles. The summed E-state index contributed by atoms with van der Waals surface area (Å²) in [7, 11) is 0. The first kappa shape index (κ1) is 17.4. The van der Waals surface area contributed by atoms with Gasteiger partial charge in [-0.2, -0.15) is 4.99 Å². The van der Waals surface area contributed by atoms with Gasteiger partial charge in [-0.25, -0.2) is 0 Å². The predicted molar refractivity (Wildman–Crippen MR) is 112 cm³/mol. The van der Waals surface area contributed by atoms with E-state index in [1.54, 1.807) is 24.3 Å². The van der Waals surface area contributed by atoms with Crippen LogP contribution in [0.25, 0.3) is 6.08 Å². The summed E-state index contributed by atoms with van der Waals surface area (Å²) in [6.45, 7) is 0.455. The lowest BCUT2D eigenvalue weighted by Crippen LogP contribution is -2.27. The monoisotopic (exact) mass is 374 g/mol. The zero-order chi connectivity index (χ0) is 18.6. The van der Waals surface area contributed by atoms with Crippen LogP contribution < -0.4 is 4.90 Å². The first-order chi connectivity index (χ1) is 13.2. The van der Waals surface area contributed by atoms with Crippen molar-refractivity contribution in [1.82, 2.24) is 0 Å². The number of amidine groups is 1. The minimum absolute atomic E-state index is 0.168. The smallest absolute Gasteiger partial charge is 0.330 e. The van der Waals surface area contributed by atoms with Crippen LogP contribution in [0.3, 0.4) is 0 Å².